The van der Waals surface area contributed by atoms with Crippen LogP contribution < -0.4 is 5.73 Å². The van der Waals surface area contributed by atoms with Crippen LogP contribution in [0.3, 0.4) is 0 Å². The molecule has 0 radical (unpaired) electrons. The van der Waals surface area contributed by atoms with Gasteiger partial charge in [0.2, 0.25) is 5.95 Å². The first kappa shape index (κ1) is 13.7. The Kier molecular flexibility index (Phi) is 3.36. The summed E-state index contributed by atoms with van der Waals surface area (Å²) in [5.74, 6) is -0.194. The Balaban J connectivity index is 2.39. The molecule has 0 saturated carbocycles. The fraction of sp³-hybridized carbons (Fsp3) is 0. The van der Waals surface area contributed by atoms with E-state index in [9.17, 15) is 4.39 Å². The van der Waals surface area contributed by atoms with Crippen LogP contribution in [-0.4, -0.2) is 9.55 Å². The highest BCUT2D eigenvalue weighted by molar-refractivity contribution is 9.10. The molecule has 0 amide bonds. The number of rotatable bonds is 1. The Hall–Kier alpha value is -1.30. The number of fused-ring (bicyclic) bond motifs is 1. The van der Waals surface area contributed by atoms with Crippen LogP contribution in [0, 0.1) is 5.82 Å². The van der Waals surface area contributed by atoms with Crippen molar-refractivity contribution < 1.29 is 4.39 Å². The fourth-order valence-corrected chi connectivity index (χ4v) is 2.72. The lowest BCUT2D eigenvalue weighted by Gasteiger charge is -2.10. The van der Waals surface area contributed by atoms with Gasteiger partial charge >= 0.3 is 0 Å². The Morgan fingerprint density at radius 2 is 2.00 bits per heavy atom. The Bertz CT molecular complexity index is 832. The normalized spacial score (nSPS) is 11.2. The van der Waals surface area contributed by atoms with Gasteiger partial charge in [0.15, 0.2) is 0 Å². The molecule has 1 heterocycles. The second kappa shape index (κ2) is 4.91. The maximum absolute atomic E-state index is 13.6. The van der Waals surface area contributed by atoms with Gasteiger partial charge in [0, 0.05) is 6.07 Å². The van der Waals surface area contributed by atoms with Gasteiger partial charge in [-0.05, 0) is 34.1 Å². The molecule has 0 bridgehead atoms. The molecule has 2 N–H and O–H groups in total. The molecule has 20 heavy (non-hydrogen) atoms. The number of hydrogen-bond donors (Lipinski definition) is 1. The van der Waals surface area contributed by atoms with E-state index in [4.69, 9.17) is 28.9 Å². The zero-order valence-corrected chi connectivity index (χ0v) is 13.0. The third kappa shape index (κ3) is 2.06. The number of hydrogen-bond acceptors (Lipinski definition) is 2. The molecule has 0 saturated heterocycles. The number of halogens is 4. The third-order valence-corrected chi connectivity index (χ3v) is 4.31. The molecule has 0 unspecified atom stereocenters. The first-order valence-corrected chi connectivity index (χ1v) is 7.11. The topological polar surface area (TPSA) is 43.8 Å². The van der Waals surface area contributed by atoms with Gasteiger partial charge in [0.1, 0.15) is 5.82 Å². The fourth-order valence-electron chi connectivity index (χ4n) is 2.01. The van der Waals surface area contributed by atoms with Crippen molar-refractivity contribution in [1.29, 1.82) is 0 Å². The third-order valence-electron chi connectivity index (χ3n) is 2.89. The van der Waals surface area contributed by atoms with Crippen LogP contribution in [0.4, 0.5) is 10.3 Å². The summed E-state index contributed by atoms with van der Waals surface area (Å²) in [5.41, 5.74) is 7.59. The number of anilines is 1. The second-order valence-electron chi connectivity index (χ2n) is 4.13. The smallest absolute Gasteiger partial charge is 0.205 e. The standard InChI is InChI=1S/C13H7BrCl2FN3/c14-6-4-11-9(5-8(6)17)19-13(18)20(11)10-3-1-2-7(15)12(10)16/h1-5H,(H2,18,19). The van der Waals surface area contributed by atoms with Crippen molar-refractivity contribution >= 4 is 56.1 Å². The molecule has 0 aliphatic carbocycles. The summed E-state index contributed by atoms with van der Waals surface area (Å²) < 4.78 is 15.5. The molecule has 102 valence electrons. The molecule has 0 aliphatic rings. The predicted octanol–water partition coefficient (Wildman–Crippen LogP) is 4.82. The molecule has 0 aliphatic heterocycles. The molecule has 3 aromatic rings. The van der Waals surface area contributed by atoms with Crippen molar-refractivity contribution in [2.75, 3.05) is 5.73 Å². The summed E-state index contributed by atoms with van der Waals surface area (Å²) in [6.45, 7) is 0. The average molecular weight is 375 g/mol. The van der Waals surface area contributed by atoms with E-state index in [1.165, 1.54) is 6.07 Å². The minimum absolute atomic E-state index is 0.210. The highest BCUT2D eigenvalue weighted by Crippen LogP contribution is 2.33. The largest absolute Gasteiger partial charge is 0.369 e. The average Bonchev–Trinajstić information content (AvgIpc) is 2.69. The lowest BCUT2D eigenvalue weighted by molar-refractivity contribution is 0.623. The number of benzene rings is 2. The van der Waals surface area contributed by atoms with E-state index in [0.717, 1.165) is 0 Å². The number of nitrogen functional groups attached to an aromatic ring is 1. The Morgan fingerprint density at radius 3 is 2.75 bits per heavy atom. The van der Waals surface area contributed by atoms with Crippen molar-refractivity contribution in [2.45, 2.75) is 0 Å². The molecular formula is C13H7BrCl2FN3. The Morgan fingerprint density at radius 1 is 1.25 bits per heavy atom. The summed E-state index contributed by atoms with van der Waals surface area (Å²) in [6.07, 6.45) is 0. The minimum Gasteiger partial charge on any atom is -0.369 e. The highest BCUT2D eigenvalue weighted by Gasteiger charge is 2.16. The molecular weight excluding hydrogens is 368 g/mol. The minimum atomic E-state index is -0.403. The van der Waals surface area contributed by atoms with Gasteiger partial charge in [-0.15, -0.1) is 0 Å². The summed E-state index contributed by atoms with van der Waals surface area (Å²) in [4.78, 5) is 4.14. The summed E-state index contributed by atoms with van der Waals surface area (Å²) >= 11 is 15.4. The first-order chi connectivity index (χ1) is 9.49. The predicted molar refractivity (Wildman–Crippen MR) is 83.2 cm³/mol. The van der Waals surface area contributed by atoms with Crippen LogP contribution in [0.25, 0.3) is 16.7 Å². The van der Waals surface area contributed by atoms with Crippen LogP contribution in [0.15, 0.2) is 34.8 Å². The van der Waals surface area contributed by atoms with Crippen LogP contribution in [0.1, 0.15) is 0 Å². The van der Waals surface area contributed by atoms with Gasteiger partial charge in [-0.1, -0.05) is 29.3 Å². The molecule has 3 rings (SSSR count). The Labute approximate surface area is 132 Å². The maximum atomic E-state index is 13.6. The molecule has 0 atom stereocenters. The number of nitrogens with zero attached hydrogens (tertiary/aromatic N) is 2. The van der Waals surface area contributed by atoms with Crippen LogP contribution >= 0.6 is 39.1 Å². The quantitative estimate of drug-likeness (QED) is 0.663. The zero-order valence-electron chi connectivity index (χ0n) is 9.87. The molecule has 0 spiro atoms. The highest BCUT2D eigenvalue weighted by atomic mass is 79.9. The van der Waals surface area contributed by atoms with E-state index in [1.807, 2.05) is 0 Å². The first-order valence-electron chi connectivity index (χ1n) is 5.56. The SMILES string of the molecule is Nc1nc2cc(F)c(Br)cc2n1-c1cccc(Cl)c1Cl. The van der Waals surface area contributed by atoms with Crippen molar-refractivity contribution in [3.63, 3.8) is 0 Å². The van der Waals surface area contributed by atoms with Gasteiger partial charge < -0.3 is 5.73 Å². The van der Waals surface area contributed by atoms with Crippen molar-refractivity contribution in [3.05, 3.63) is 50.7 Å². The van der Waals surface area contributed by atoms with Gasteiger partial charge in [-0.25, -0.2) is 9.37 Å². The van der Waals surface area contributed by atoms with Gasteiger partial charge in [0.25, 0.3) is 0 Å². The van der Waals surface area contributed by atoms with Gasteiger partial charge in [0.05, 0.1) is 31.2 Å². The lowest BCUT2D eigenvalue weighted by atomic mass is 10.2. The summed E-state index contributed by atoms with van der Waals surface area (Å²) in [5, 5.41) is 0.771. The number of nitrogens with two attached hydrogens (primary N) is 1. The van der Waals surface area contributed by atoms with Gasteiger partial charge in [-0.3, -0.25) is 4.57 Å². The number of aromatic nitrogens is 2. The second-order valence-corrected chi connectivity index (χ2v) is 5.77. The summed E-state index contributed by atoms with van der Waals surface area (Å²) in [7, 11) is 0. The summed E-state index contributed by atoms with van der Waals surface area (Å²) in [6, 6.07) is 8.12. The molecule has 3 nitrogen and oxygen atoms in total. The van der Waals surface area contributed by atoms with E-state index >= 15 is 0 Å². The van der Waals surface area contributed by atoms with E-state index < -0.39 is 5.82 Å². The lowest BCUT2D eigenvalue weighted by Crippen LogP contribution is -2.01. The van der Waals surface area contributed by atoms with Crippen LogP contribution in [-0.2, 0) is 0 Å². The van der Waals surface area contributed by atoms with E-state index in [2.05, 4.69) is 20.9 Å². The molecule has 2 aromatic carbocycles. The van der Waals surface area contributed by atoms with E-state index in [1.54, 1.807) is 28.8 Å². The van der Waals surface area contributed by atoms with Gasteiger partial charge in [-0.2, -0.15) is 0 Å². The van der Waals surface area contributed by atoms with Crippen molar-refractivity contribution in [3.8, 4) is 5.69 Å². The zero-order chi connectivity index (χ0) is 14.4. The van der Waals surface area contributed by atoms with Crippen molar-refractivity contribution in [1.82, 2.24) is 9.55 Å². The van der Waals surface area contributed by atoms with E-state index in [-0.39, 0.29) is 5.95 Å². The monoisotopic (exact) mass is 373 g/mol. The molecule has 7 heteroatoms. The van der Waals surface area contributed by atoms with Crippen molar-refractivity contribution in [2.24, 2.45) is 0 Å². The maximum Gasteiger partial charge on any atom is 0.205 e. The molecule has 0 fully saturated rings. The van der Waals surface area contributed by atoms with Crippen LogP contribution in [0.2, 0.25) is 10.0 Å². The van der Waals surface area contributed by atoms with Crippen LogP contribution in [0.5, 0.6) is 0 Å². The number of imidazole rings is 1. The van der Waals surface area contributed by atoms with E-state index in [0.29, 0.717) is 31.2 Å². The molecule has 1 aromatic heterocycles.